The van der Waals surface area contributed by atoms with Gasteiger partial charge in [-0.25, -0.2) is 0 Å². The van der Waals surface area contributed by atoms with Gasteiger partial charge in [0, 0.05) is 12.8 Å². The molecule has 5 heteroatoms. The molecule has 0 atom stereocenters. The van der Waals surface area contributed by atoms with Crippen molar-refractivity contribution in [3.8, 4) is 0 Å². The number of carbonyl (C=O) groups excluding carboxylic acids is 2. The van der Waals surface area contributed by atoms with Crippen LogP contribution in [0.3, 0.4) is 0 Å². The van der Waals surface area contributed by atoms with Gasteiger partial charge in [0.05, 0.1) is 0 Å². The van der Waals surface area contributed by atoms with Crippen molar-refractivity contribution in [3.63, 3.8) is 0 Å². The average Bonchev–Trinajstić information content (AvgIpc) is 2.93. The van der Waals surface area contributed by atoms with E-state index in [4.69, 9.17) is 4.74 Å². The Kier molecular flexibility index (Phi) is 47.1. The summed E-state index contributed by atoms with van der Waals surface area (Å²) >= 11 is 0. The molecule has 0 unspecified atom stereocenters. The monoisotopic (exact) mass is 803 g/mol. The summed E-state index contributed by atoms with van der Waals surface area (Å²) in [5, 5.41) is 0. The summed E-state index contributed by atoms with van der Waals surface area (Å²) < 4.78 is 5.01. The molecule has 0 aliphatic heterocycles. The molecule has 0 amide bonds. The Bertz CT molecular complexity index is 471. The Balaban J connectivity index is -0.00000722. The first-order valence-electron chi connectivity index (χ1n) is 17.9. The summed E-state index contributed by atoms with van der Waals surface area (Å²) in [6, 6.07) is 0. The van der Waals surface area contributed by atoms with Gasteiger partial charge in [-0.05, 0) is 12.8 Å². The Morgan fingerprint density at radius 3 is 0.707 bits per heavy atom. The van der Waals surface area contributed by atoms with E-state index in [1.165, 1.54) is 167 Å². The van der Waals surface area contributed by atoms with Crippen molar-refractivity contribution < 1.29 is 14.3 Å². The van der Waals surface area contributed by atoms with E-state index in [1.54, 1.807) is 0 Å². The molecule has 0 saturated carbocycles. The van der Waals surface area contributed by atoms with Crippen molar-refractivity contribution >= 4 is 77.0 Å². The van der Waals surface area contributed by atoms with Gasteiger partial charge in [-0.3, -0.25) is 9.59 Å². The minimum absolute atomic E-state index is 0. The number of hydrogen-bond acceptors (Lipinski definition) is 3. The van der Waals surface area contributed by atoms with Crippen LogP contribution in [0.4, 0.5) is 0 Å². The van der Waals surface area contributed by atoms with Crippen molar-refractivity contribution in [2.24, 2.45) is 0 Å². The van der Waals surface area contributed by atoms with E-state index in [1.807, 2.05) is 0 Å². The number of ether oxygens (including phenoxy) is 1. The molecule has 0 spiro atoms. The van der Waals surface area contributed by atoms with Crippen molar-refractivity contribution in [2.75, 3.05) is 0 Å². The second kappa shape index (κ2) is 41.3. The molecule has 3 nitrogen and oxygen atoms in total. The molecule has 0 aliphatic carbocycles. The Hall–Kier alpha value is 1.32. The predicted molar refractivity (Wildman–Crippen MR) is 187 cm³/mol. The summed E-state index contributed by atoms with van der Waals surface area (Å²) in [7, 11) is 0. The van der Waals surface area contributed by atoms with Crippen molar-refractivity contribution in [1.82, 2.24) is 0 Å². The molecule has 0 fully saturated rings. The zero-order valence-corrected chi connectivity index (χ0v) is 33.1. The zero-order valence-electron chi connectivity index (χ0n) is 27.6. The summed E-state index contributed by atoms with van der Waals surface area (Å²) in [6.07, 6.45) is 40.1. The molecule has 0 aliphatic rings. The van der Waals surface area contributed by atoms with E-state index < -0.39 is 0 Å². The number of unbranched alkanes of at least 4 members (excludes halogenated alkanes) is 28. The normalized spacial score (nSPS) is 10.7. The molecule has 0 aromatic carbocycles. The molecule has 0 heterocycles. The van der Waals surface area contributed by atoms with Crippen LogP contribution in [0.5, 0.6) is 0 Å². The fourth-order valence-corrected chi connectivity index (χ4v) is 5.51. The first-order valence-corrected chi connectivity index (χ1v) is 17.9. The molecule has 0 aromatic heterocycles. The van der Waals surface area contributed by atoms with Crippen LogP contribution in [-0.2, 0) is 14.3 Å². The molecule has 2 radical (unpaired) electrons. The Morgan fingerprint density at radius 1 is 0.341 bits per heavy atom. The van der Waals surface area contributed by atoms with Crippen LogP contribution >= 0.6 is 0 Å². The maximum absolute atomic E-state index is 11.9. The van der Waals surface area contributed by atoms with E-state index in [9.17, 15) is 9.59 Å². The molecule has 0 rings (SSSR count). The summed E-state index contributed by atoms with van der Waals surface area (Å²) in [6.45, 7) is 4.55. The predicted octanol–water partition coefficient (Wildman–Crippen LogP) is 10.7. The van der Waals surface area contributed by atoms with Crippen molar-refractivity contribution in [3.05, 3.63) is 0 Å². The van der Waals surface area contributed by atoms with E-state index in [0.29, 0.717) is 12.8 Å². The molecule has 0 saturated heterocycles. The molecular formula is C36H74CaO3Pb. The van der Waals surface area contributed by atoms with Crippen molar-refractivity contribution in [2.45, 2.75) is 219 Å². The number of rotatable bonds is 32. The molecule has 0 bridgehead atoms. The molecule has 0 aromatic rings. The third-order valence-corrected chi connectivity index (χ3v) is 8.20. The molecule has 0 N–H and O–H groups in total. The van der Waals surface area contributed by atoms with E-state index >= 15 is 0 Å². The van der Waals surface area contributed by atoms with Crippen LogP contribution in [0.2, 0.25) is 0 Å². The van der Waals surface area contributed by atoms with Crippen LogP contribution in [0.1, 0.15) is 219 Å². The van der Waals surface area contributed by atoms with Crippen LogP contribution in [0.15, 0.2) is 0 Å². The fourth-order valence-electron chi connectivity index (χ4n) is 5.51. The van der Waals surface area contributed by atoms with Crippen LogP contribution in [0.25, 0.3) is 0 Å². The number of esters is 2. The van der Waals surface area contributed by atoms with Gasteiger partial charge in [0.2, 0.25) is 0 Å². The van der Waals surface area contributed by atoms with E-state index in [-0.39, 0.29) is 77.0 Å². The summed E-state index contributed by atoms with van der Waals surface area (Å²) in [4.78, 5) is 23.8. The van der Waals surface area contributed by atoms with Gasteiger partial charge in [0.1, 0.15) is 0 Å². The molecular weight excluding hydrogens is 728 g/mol. The third-order valence-electron chi connectivity index (χ3n) is 8.20. The Morgan fingerprint density at radius 2 is 0.512 bits per heavy atom. The van der Waals surface area contributed by atoms with E-state index in [2.05, 4.69) is 13.8 Å². The zero-order chi connectivity index (χ0) is 28.5. The average molecular weight is 802 g/mol. The fraction of sp³-hybridized carbons (Fsp3) is 0.944. The van der Waals surface area contributed by atoms with E-state index in [0.717, 1.165) is 25.7 Å². The van der Waals surface area contributed by atoms with Gasteiger partial charge < -0.3 is 4.74 Å². The standard InChI is InChI=1S/C36H70O3.Ca.Pb.4H/c1-3-5-7-9-11-13-15-17-19-21-23-25-27-29-31-33-35(37)39-36(38)34-32-30-28-26-24-22-20-18-16-14-12-10-8-6-4-2;;;;;;/h3-34H2,1-2H3;;;;;;. The topological polar surface area (TPSA) is 43.4 Å². The van der Waals surface area contributed by atoms with Crippen LogP contribution in [-0.4, -0.2) is 77.0 Å². The van der Waals surface area contributed by atoms with Gasteiger partial charge >= 0.3 is 77.0 Å². The van der Waals surface area contributed by atoms with Crippen LogP contribution in [0, 0.1) is 0 Å². The maximum atomic E-state index is 11.9. The number of hydrogen-bond donors (Lipinski definition) is 0. The van der Waals surface area contributed by atoms with Gasteiger partial charge in [0.25, 0.3) is 0 Å². The third kappa shape index (κ3) is 41.3. The minimum atomic E-state index is -0.323. The summed E-state index contributed by atoms with van der Waals surface area (Å²) in [5.41, 5.74) is 0. The Labute approximate surface area is 307 Å². The molecule has 242 valence electrons. The van der Waals surface area contributed by atoms with Gasteiger partial charge in [0.15, 0.2) is 0 Å². The van der Waals surface area contributed by atoms with Crippen molar-refractivity contribution in [1.29, 1.82) is 0 Å². The summed E-state index contributed by atoms with van der Waals surface area (Å²) in [5.74, 6) is -0.647. The first-order chi connectivity index (χ1) is 19.2. The van der Waals surface area contributed by atoms with Gasteiger partial charge in [-0.2, -0.15) is 0 Å². The van der Waals surface area contributed by atoms with Crippen LogP contribution < -0.4 is 0 Å². The number of carbonyl (C=O) groups is 2. The second-order valence-electron chi connectivity index (χ2n) is 12.2. The van der Waals surface area contributed by atoms with Gasteiger partial charge in [-0.15, -0.1) is 0 Å². The molecule has 41 heavy (non-hydrogen) atoms. The first kappa shape index (κ1) is 46.7. The van der Waals surface area contributed by atoms with Gasteiger partial charge in [-0.1, -0.05) is 194 Å². The SMILES string of the molecule is CCCCCCCCCCCCCCCCCC(=O)OC(=O)CCCCCCCCCCCCCCCCC.[CaH2].[PbH2]. The second-order valence-corrected chi connectivity index (χ2v) is 12.2. The quantitative estimate of drug-likeness (QED) is 0.0295.